The van der Waals surface area contributed by atoms with Crippen molar-refractivity contribution in [1.29, 1.82) is 0 Å². The molecule has 1 rings (SSSR count). The SMILES string of the molecule is [Mn].[c-]1ccccn1. The summed E-state index contributed by atoms with van der Waals surface area (Å²) >= 11 is 0. The normalized spacial score (nSPS) is 6.86. The smallest absolute Gasteiger partial charge is 0 e. The van der Waals surface area contributed by atoms with E-state index in [9.17, 15) is 0 Å². The molecule has 1 aromatic rings. The minimum Gasteiger partial charge on any atom is -0.394 e. The maximum atomic E-state index is 3.66. The van der Waals surface area contributed by atoms with Gasteiger partial charge in [-0.15, -0.1) is 0 Å². The summed E-state index contributed by atoms with van der Waals surface area (Å²) < 4.78 is 0. The van der Waals surface area contributed by atoms with Crippen molar-refractivity contribution in [2.45, 2.75) is 0 Å². The zero-order valence-electron chi connectivity index (χ0n) is 3.63. The number of pyridine rings is 1. The van der Waals surface area contributed by atoms with E-state index in [0.717, 1.165) is 0 Å². The first-order valence-electron chi connectivity index (χ1n) is 1.77. The van der Waals surface area contributed by atoms with Gasteiger partial charge in [-0.2, -0.15) is 18.2 Å². The second kappa shape index (κ2) is 3.85. The maximum absolute atomic E-state index is 3.66. The van der Waals surface area contributed by atoms with Crippen LogP contribution in [0.2, 0.25) is 0 Å². The quantitative estimate of drug-likeness (QED) is 0.378. The van der Waals surface area contributed by atoms with E-state index in [4.69, 9.17) is 0 Å². The molecular weight excluding hydrogens is 129 g/mol. The molecule has 0 amide bonds. The number of rotatable bonds is 0. The van der Waals surface area contributed by atoms with E-state index in [1.165, 1.54) is 0 Å². The van der Waals surface area contributed by atoms with Gasteiger partial charge in [0.25, 0.3) is 0 Å². The minimum atomic E-state index is 0. The predicted octanol–water partition coefficient (Wildman–Crippen LogP) is 0.879. The number of aromatic nitrogens is 1. The molecule has 0 unspecified atom stereocenters. The van der Waals surface area contributed by atoms with Gasteiger partial charge in [-0.3, -0.25) is 0 Å². The summed E-state index contributed by atoms with van der Waals surface area (Å²) in [6.45, 7) is 0. The van der Waals surface area contributed by atoms with Crippen molar-refractivity contribution < 1.29 is 17.1 Å². The van der Waals surface area contributed by atoms with Crippen LogP contribution in [0, 0.1) is 6.20 Å². The Hall–Kier alpha value is -0.331. The van der Waals surface area contributed by atoms with Crippen LogP contribution >= 0.6 is 0 Å². The summed E-state index contributed by atoms with van der Waals surface area (Å²) in [4.78, 5) is 3.66. The van der Waals surface area contributed by atoms with Crippen LogP contribution < -0.4 is 0 Å². The molecule has 0 spiro atoms. The summed E-state index contributed by atoms with van der Waals surface area (Å²) in [6, 6.07) is 5.50. The monoisotopic (exact) mass is 133 g/mol. The molecule has 0 saturated heterocycles. The van der Waals surface area contributed by atoms with Crippen molar-refractivity contribution in [2.75, 3.05) is 0 Å². The van der Waals surface area contributed by atoms with Gasteiger partial charge in [0.15, 0.2) is 0 Å². The van der Waals surface area contributed by atoms with Crippen molar-refractivity contribution in [3.63, 3.8) is 0 Å². The molecule has 0 saturated carbocycles. The van der Waals surface area contributed by atoms with Crippen LogP contribution in [0.25, 0.3) is 0 Å². The second-order valence-corrected chi connectivity index (χ2v) is 0.959. The predicted molar refractivity (Wildman–Crippen MR) is 23.1 cm³/mol. The number of hydrogen-bond donors (Lipinski definition) is 0. The standard InChI is InChI=1S/C5H4N.Mn/c1-2-4-6-5-3-1;/h1-4H;/q-1;. The molecule has 1 radical (unpaired) electrons. The average Bonchev–Trinajstić information content (AvgIpc) is 1.72. The van der Waals surface area contributed by atoms with Crippen LogP contribution in [0.1, 0.15) is 0 Å². The molecule has 1 heterocycles. The van der Waals surface area contributed by atoms with Gasteiger partial charge in [-0.05, 0) is 0 Å². The fraction of sp³-hybridized carbons (Fsp3) is 0. The van der Waals surface area contributed by atoms with Gasteiger partial charge >= 0.3 is 0 Å². The van der Waals surface area contributed by atoms with E-state index in [1.54, 1.807) is 12.3 Å². The zero-order chi connectivity index (χ0) is 4.24. The third kappa shape index (κ3) is 2.38. The fourth-order valence-corrected chi connectivity index (χ4v) is 0.277. The molecule has 7 heavy (non-hydrogen) atoms. The molecule has 0 N–H and O–H groups in total. The van der Waals surface area contributed by atoms with Crippen LogP contribution in [-0.4, -0.2) is 4.98 Å². The maximum Gasteiger partial charge on any atom is 0 e. The van der Waals surface area contributed by atoms with Gasteiger partial charge in [0.1, 0.15) is 0 Å². The van der Waals surface area contributed by atoms with Gasteiger partial charge < -0.3 is 4.98 Å². The van der Waals surface area contributed by atoms with E-state index in [-0.39, 0.29) is 17.1 Å². The molecule has 0 bridgehead atoms. The largest absolute Gasteiger partial charge is 0.394 e. The van der Waals surface area contributed by atoms with Crippen LogP contribution in [0.5, 0.6) is 0 Å². The van der Waals surface area contributed by atoms with E-state index < -0.39 is 0 Å². The van der Waals surface area contributed by atoms with Crippen molar-refractivity contribution in [1.82, 2.24) is 4.98 Å². The molecular formula is C5H4MnN-. The molecule has 0 aliphatic heterocycles. The van der Waals surface area contributed by atoms with E-state index in [2.05, 4.69) is 11.2 Å². The van der Waals surface area contributed by atoms with E-state index >= 15 is 0 Å². The molecule has 0 aliphatic carbocycles. The Morgan fingerprint density at radius 2 is 2.14 bits per heavy atom. The van der Waals surface area contributed by atoms with Crippen molar-refractivity contribution in [3.05, 3.63) is 30.6 Å². The van der Waals surface area contributed by atoms with E-state index in [0.29, 0.717) is 0 Å². The van der Waals surface area contributed by atoms with Gasteiger partial charge in [0.2, 0.25) is 0 Å². The molecule has 0 aromatic carbocycles. The Morgan fingerprint density at radius 3 is 2.29 bits per heavy atom. The average molecular weight is 133 g/mol. The summed E-state index contributed by atoms with van der Waals surface area (Å²) in [6.07, 6.45) is 4.34. The summed E-state index contributed by atoms with van der Waals surface area (Å²) in [5.41, 5.74) is 0. The van der Waals surface area contributed by atoms with Crippen LogP contribution in [0.4, 0.5) is 0 Å². The van der Waals surface area contributed by atoms with Gasteiger partial charge in [-0.1, -0.05) is 12.4 Å². The molecule has 0 fully saturated rings. The second-order valence-electron chi connectivity index (χ2n) is 0.959. The van der Waals surface area contributed by atoms with Crippen LogP contribution in [-0.2, 0) is 17.1 Å². The van der Waals surface area contributed by atoms with Gasteiger partial charge in [0.05, 0.1) is 0 Å². The fourth-order valence-electron chi connectivity index (χ4n) is 0.277. The van der Waals surface area contributed by atoms with Crippen LogP contribution in [0.15, 0.2) is 24.4 Å². The number of hydrogen-bond acceptors (Lipinski definition) is 1. The van der Waals surface area contributed by atoms with E-state index in [1.807, 2.05) is 12.1 Å². The Balaban J connectivity index is 0.000000360. The Labute approximate surface area is 53.2 Å². The zero-order valence-corrected chi connectivity index (χ0v) is 4.82. The van der Waals surface area contributed by atoms with Crippen LogP contribution in [0.3, 0.4) is 0 Å². The van der Waals surface area contributed by atoms with Crippen molar-refractivity contribution in [2.24, 2.45) is 0 Å². The molecule has 37 valence electrons. The molecule has 0 atom stereocenters. The summed E-state index contributed by atoms with van der Waals surface area (Å²) in [7, 11) is 0. The molecule has 0 aliphatic rings. The summed E-state index contributed by atoms with van der Waals surface area (Å²) in [5.74, 6) is 0. The van der Waals surface area contributed by atoms with Gasteiger partial charge in [-0.25, -0.2) is 0 Å². The van der Waals surface area contributed by atoms with Gasteiger partial charge in [0, 0.05) is 17.1 Å². The van der Waals surface area contributed by atoms with Crippen molar-refractivity contribution >= 4 is 0 Å². The molecule has 2 heteroatoms. The Kier molecular flexibility index (Phi) is 3.66. The first kappa shape index (κ1) is 6.67. The minimum absolute atomic E-state index is 0. The topological polar surface area (TPSA) is 12.9 Å². The first-order valence-corrected chi connectivity index (χ1v) is 1.77. The summed E-state index contributed by atoms with van der Waals surface area (Å²) in [5, 5.41) is 0. The third-order valence-electron chi connectivity index (χ3n) is 0.517. The molecule has 1 aromatic heterocycles. The molecule has 1 nitrogen and oxygen atoms in total. The number of nitrogens with zero attached hydrogens (tertiary/aromatic N) is 1. The Bertz CT molecular complexity index is 80.0. The van der Waals surface area contributed by atoms with Crippen molar-refractivity contribution in [3.8, 4) is 0 Å². The first-order chi connectivity index (χ1) is 3.00. The third-order valence-corrected chi connectivity index (χ3v) is 0.517. The Morgan fingerprint density at radius 1 is 1.29 bits per heavy atom.